The maximum Gasteiger partial charge on any atom is 0.251 e. The maximum atomic E-state index is 12.2. The maximum absolute atomic E-state index is 12.2. The van der Waals surface area contributed by atoms with Crippen molar-refractivity contribution in [2.75, 3.05) is 33.0 Å². The minimum Gasteiger partial charge on any atom is -0.497 e. The van der Waals surface area contributed by atoms with E-state index in [-0.39, 0.29) is 29.9 Å². The Morgan fingerprint density at radius 1 is 1.03 bits per heavy atom. The van der Waals surface area contributed by atoms with Crippen LogP contribution in [0, 0.1) is 6.92 Å². The van der Waals surface area contributed by atoms with Crippen LogP contribution >= 0.6 is 24.0 Å². The molecule has 8 nitrogen and oxygen atoms in total. The molecular weight excluding hydrogens is 543 g/mol. The highest BCUT2D eigenvalue weighted by Gasteiger charge is 2.11. The third kappa shape index (κ3) is 8.65. The third-order valence-corrected chi connectivity index (χ3v) is 5.71. The van der Waals surface area contributed by atoms with Crippen molar-refractivity contribution in [2.24, 2.45) is 4.99 Å². The van der Waals surface area contributed by atoms with Gasteiger partial charge in [0, 0.05) is 31.5 Å². The molecule has 0 spiro atoms. The van der Waals surface area contributed by atoms with Crippen molar-refractivity contribution < 1.29 is 17.9 Å². The average molecular weight is 574 g/mol. The normalized spacial score (nSPS) is 11.3. The number of guanidine groups is 1. The first kappa shape index (κ1) is 27.7. The summed E-state index contributed by atoms with van der Waals surface area (Å²) in [7, 11) is -1.66. The fourth-order valence-corrected chi connectivity index (χ4v) is 3.90. The molecule has 2 aromatic rings. The summed E-state index contributed by atoms with van der Waals surface area (Å²) in [6.45, 7) is 5.76. The van der Waals surface area contributed by atoms with Crippen LogP contribution in [-0.4, -0.2) is 53.3 Å². The lowest BCUT2D eigenvalue weighted by Gasteiger charge is -2.12. The molecule has 0 unspecified atom stereocenters. The van der Waals surface area contributed by atoms with Gasteiger partial charge in [-0.3, -0.25) is 4.79 Å². The Hall–Kier alpha value is -2.34. The highest BCUT2D eigenvalue weighted by atomic mass is 127. The summed E-state index contributed by atoms with van der Waals surface area (Å²) in [5.41, 5.74) is 2.18. The van der Waals surface area contributed by atoms with Crippen molar-refractivity contribution in [3.63, 3.8) is 0 Å². The van der Waals surface area contributed by atoms with Crippen molar-refractivity contribution in [2.45, 2.75) is 25.3 Å². The van der Waals surface area contributed by atoms with Crippen molar-refractivity contribution in [1.82, 2.24) is 16.0 Å². The number of aliphatic imine (C=N–C) groups is 1. The first-order chi connectivity index (χ1) is 14.7. The Bertz CT molecular complexity index is 1020. The quantitative estimate of drug-likeness (QED) is 0.184. The molecule has 0 radical (unpaired) electrons. The van der Waals surface area contributed by atoms with Crippen molar-refractivity contribution >= 4 is 45.7 Å². The molecule has 3 N–H and O–H groups in total. The Balaban J connectivity index is 0.00000512. The molecule has 0 aliphatic carbocycles. The van der Waals surface area contributed by atoms with E-state index in [1.54, 1.807) is 50.4 Å². The van der Waals surface area contributed by atoms with Gasteiger partial charge in [-0.25, -0.2) is 13.4 Å². The Morgan fingerprint density at radius 2 is 1.69 bits per heavy atom. The van der Waals surface area contributed by atoms with E-state index in [0.29, 0.717) is 53.9 Å². The summed E-state index contributed by atoms with van der Waals surface area (Å²) in [6.07, 6.45) is 1.20. The first-order valence-electron chi connectivity index (χ1n) is 9.98. The number of hydrogen-bond acceptors (Lipinski definition) is 5. The molecule has 0 aliphatic heterocycles. The molecule has 1 amide bonds. The monoisotopic (exact) mass is 574 g/mol. The van der Waals surface area contributed by atoms with Gasteiger partial charge in [0.15, 0.2) is 15.8 Å². The van der Waals surface area contributed by atoms with E-state index < -0.39 is 9.84 Å². The smallest absolute Gasteiger partial charge is 0.251 e. The summed E-state index contributed by atoms with van der Waals surface area (Å²) in [4.78, 5) is 17.0. The third-order valence-electron chi connectivity index (χ3n) is 4.46. The fraction of sp³-hybridized carbons (Fsp3) is 0.364. The lowest BCUT2D eigenvalue weighted by molar-refractivity contribution is 0.0954. The number of ether oxygens (including phenoxy) is 1. The van der Waals surface area contributed by atoms with E-state index in [1.165, 1.54) is 6.26 Å². The number of nitrogens with zero attached hydrogens (tertiary/aromatic N) is 1. The van der Waals surface area contributed by atoms with Crippen LogP contribution in [0.15, 0.2) is 52.4 Å². The van der Waals surface area contributed by atoms with Gasteiger partial charge in [0.05, 0.1) is 18.6 Å². The van der Waals surface area contributed by atoms with Crippen molar-refractivity contribution in [3.8, 4) is 5.75 Å². The lowest BCUT2D eigenvalue weighted by atomic mass is 10.1. The topological polar surface area (TPSA) is 109 Å². The number of amides is 1. The van der Waals surface area contributed by atoms with Gasteiger partial charge in [0.25, 0.3) is 5.91 Å². The van der Waals surface area contributed by atoms with Gasteiger partial charge in [-0.15, -0.1) is 24.0 Å². The zero-order valence-electron chi connectivity index (χ0n) is 18.8. The van der Waals surface area contributed by atoms with Crippen LogP contribution in [0.2, 0.25) is 0 Å². The number of carbonyl (C=O) groups excluding carboxylic acids is 1. The molecule has 2 rings (SSSR count). The number of hydrogen-bond donors (Lipinski definition) is 3. The van der Waals surface area contributed by atoms with Crippen LogP contribution in [0.3, 0.4) is 0 Å². The first-order valence-corrected chi connectivity index (χ1v) is 11.9. The minimum atomic E-state index is -3.24. The standard InChI is InChI=1S/C22H30N4O4S.HI/c1-5-23-22(26-15-17-6-11-20(16(2)14-17)31(4,28)29)25-13-12-24-21(27)18-7-9-19(30-3)10-8-18;/h6-11,14H,5,12-13,15H2,1-4H3,(H,24,27)(H2,23,25,26);1H. The predicted octanol–water partition coefficient (Wildman–Crippen LogP) is 2.51. The zero-order valence-corrected chi connectivity index (χ0v) is 21.9. The van der Waals surface area contributed by atoms with Crippen LogP contribution in [0.25, 0.3) is 0 Å². The highest BCUT2D eigenvalue weighted by molar-refractivity contribution is 14.0. The highest BCUT2D eigenvalue weighted by Crippen LogP contribution is 2.17. The minimum absolute atomic E-state index is 0. The number of methoxy groups -OCH3 is 1. The molecule has 0 saturated carbocycles. The molecule has 0 aromatic heterocycles. The summed E-state index contributed by atoms with van der Waals surface area (Å²) < 4.78 is 28.6. The number of nitrogens with one attached hydrogen (secondary N) is 3. The molecule has 10 heteroatoms. The van der Waals surface area contributed by atoms with Crippen LogP contribution in [0.1, 0.15) is 28.4 Å². The van der Waals surface area contributed by atoms with E-state index in [9.17, 15) is 13.2 Å². The molecule has 32 heavy (non-hydrogen) atoms. The summed E-state index contributed by atoms with van der Waals surface area (Å²) in [6, 6.07) is 12.1. The second-order valence-electron chi connectivity index (χ2n) is 6.98. The molecule has 176 valence electrons. The number of halogens is 1. The second-order valence-corrected chi connectivity index (χ2v) is 8.96. The number of aryl methyl sites for hydroxylation is 1. The molecular formula is C22H31IN4O4S. The van der Waals surface area contributed by atoms with Crippen molar-refractivity contribution in [3.05, 3.63) is 59.2 Å². The Morgan fingerprint density at radius 3 is 2.25 bits per heavy atom. The zero-order chi connectivity index (χ0) is 22.9. The van der Waals surface area contributed by atoms with E-state index in [4.69, 9.17) is 4.74 Å². The Labute approximate surface area is 207 Å². The molecule has 0 fully saturated rings. The molecule has 0 saturated heterocycles. The Kier molecular flexibility index (Phi) is 11.5. The van der Waals surface area contributed by atoms with Gasteiger partial charge in [0.2, 0.25) is 0 Å². The van der Waals surface area contributed by atoms with E-state index in [2.05, 4.69) is 20.9 Å². The molecule has 0 atom stereocenters. The molecule has 0 heterocycles. The number of sulfone groups is 1. The SMILES string of the molecule is CCNC(=NCc1ccc(S(C)(=O)=O)c(C)c1)NCCNC(=O)c1ccc(OC)cc1.I. The van der Waals surface area contributed by atoms with Gasteiger partial charge in [0.1, 0.15) is 5.75 Å². The average Bonchev–Trinajstić information content (AvgIpc) is 2.74. The van der Waals surface area contributed by atoms with Crippen LogP contribution in [-0.2, 0) is 16.4 Å². The van der Waals surface area contributed by atoms with Crippen LogP contribution < -0.4 is 20.7 Å². The number of benzene rings is 2. The van der Waals surface area contributed by atoms with E-state index in [0.717, 1.165) is 5.56 Å². The van der Waals surface area contributed by atoms with Crippen LogP contribution in [0.5, 0.6) is 5.75 Å². The van der Waals surface area contributed by atoms with Gasteiger partial charge >= 0.3 is 0 Å². The van der Waals surface area contributed by atoms with Gasteiger partial charge in [-0.05, 0) is 55.3 Å². The summed E-state index contributed by atoms with van der Waals surface area (Å²) >= 11 is 0. The number of carbonyl (C=O) groups is 1. The van der Waals surface area contributed by atoms with E-state index >= 15 is 0 Å². The van der Waals surface area contributed by atoms with Gasteiger partial charge < -0.3 is 20.7 Å². The fourth-order valence-electron chi connectivity index (χ4n) is 2.94. The molecule has 2 aromatic carbocycles. The molecule has 0 bridgehead atoms. The lowest BCUT2D eigenvalue weighted by Crippen LogP contribution is -2.41. The van der Waals surface area contributed by atoms with Gasteiger partial charge in [-0.2, -0.15) is 0 Å². The molecule has 0 aliphatic rings. The van der Waals surface area contributed by atoms with Gasteiger partial charge in [-0.1, -0.05) is 12.1 Å². The number of rotatable bonds is 9. The van der Waals surface area contributed by atoms with Crippen molar-refractivity contribution in [1.29, 1.82) is 0 Å². The second kappa shape index (κ2) is 13.3. The summed E-state index contributed by atoms with van der Waals surface area (Å²) in [5, 5.41) is 9.18. The van der Waals surface area contributed by atoms with E-state index in [1.807, 2.05) is 13.0 Å². The predicted molar refractivity (Wildman–Crippen MR) is 138 cm³/mol. The largest absolute Gasteiger partial charge is 0.497 e. The summed E-state index contributed by atoms with van der Waals surface area (Å²) in [5.74, 6) is 1.16. The van der Waals surface area contributed by atoms with Crippen LogP contribution in [0.4, 0.5) is 0 Å².